The van der Waals surface area contributed by atoms with Crippen LogP contribution in [0.15, 0.2) is 24.3 Å². The summed E-state index contributed by atoms with van der Waals surface area (Å²) in [6.07, 6.45) is -0.915. The number of rotatable bonds is 7. The van der Waals surface area contributed by atoms with Crippen LogP contribution in [0.5, 0.6) is 0 Å². The zero-order valence-electron chi connectivity index (χ0n) is 10.1. The molecule has 94 valence electrons. The normalized spacial score (nSPS) is 10.8. The summed E-state index contributed by atoms with van der Waals surface area (Å²) < 4.78 is 23.7. The zero-order valence-corrected chi connectivity index (χ0v) is 10.1. The van der Waals surface area contributed by atoms with E-state index in [-0.39, 0.29) is 18.0 Å². The van der Waals surface area contributed by atoms with Gasteiger partial charge in [0.15, 0.2) is 5.78 Å². The van der Waals surface area contributed by atoms with Crippen molar-refractivity contribution >= 4 is 5.78 Å². The molecule has 0 bridgehead atoms. The first-order valence-corrected chi connectivity index (χ1v) is 5.68. The van der Waals surface area contributed by atoms with Crippen molar-refractivity contribution in [3.63, 3.8) is 0 Å². The number of benzene rings is 1. The van der Waals surface area contributed by atoms with Crippen molar-refractivity contribution < 1.29 is 18.7 Å². The molecule has 0 aromatic heterocycles. The van der Waals surface area contributed by atoms with Crippen molar-refractivity contribution in [2.75, 3.05) is 13.2 Å². The Morgan fingerprint density at radius 3 is 2.35 bits per heavy atom. The Morgan fingerprint density at radius 1 is 1.24 bits per heavy atom. The van der Waals surface area contributed by atoms with Crippen LogP contribution in [-0.2, 0) is 20.7 Å². The van der Waals surface area contributed by atoms with E-state index in [1.54, 1.807) is 32.0 Å². The van der Waals surface area contributed by atoms with E-state index in [9.17, 15) is 9.18 Å². The Labute approximate surface area is 101 Å². The highest BCUT2D eigenvalue weighted by Gasteiger charge is 2.20. The topological polar surface area (TPSA) is 35.5 Å². The van der Waals surface area contributed by atoms with Crippen LogP contribution in [0.4, 0.5) is 4.39 Å². The van der Waals surface area contributed by atoms with Crippen molar-refractivity contribution in [2.45, 2.75) is 26.6 Å². The molecule has 1 rings (SSSR count). The molecule has 3 nitrogen and oxygen atoms in total. The van der Waals surface area contributed by atoms with Crippen LogP contribution in [0.25, 0.3) is 0 Å². The molecule has 0 unspecified atom stereocenters. The summed E-state index contributed by atoms with van der Waals surface area (Å²) in [6.45, 7) is 4.33. The fourth-order valence-corrected chi connectivity index (χ4v) is 1.45. The van der Waals surface area contributed by atoms with Crippen LogP contribution in [0.2, 0.25) is 0 Å². The second kappa shape index (κ2) is 7.14. The van der Waals surface area contributed by atoms with Gasteiger partial charge in [-0.1, -0.05) is 18.2 Å². The van der Waals surface area contributed by atoms with Gasteiger partial charge in [0.2, 0.25) is 6.29 Å². The minimum Gasteiger partial charge on any atom is -0.346 e. The summed E-state index contributed by atoms with van der Waals surface area (Å²) in [5.74, 6) is -0.647. The Balaban J connectivity index is 2.66. The minimum absolute atomic E-state index is 0.0165. The molecule has 0 atom stereocenters. The first kappa shape index (κ1) is 13.8. The second-order valence-electron chi connectivity index (χ2n) is 3.48. The van der Waals surface area contributed by atoms with Crippen LogP contribution in [0, 0.1) is 5.82 Å². The van der Waals surface area contributed by atoms with Gasteiger partial charge in [-0.2, -0.15) is 0 Å². The molecule has 1 aromatic rings. The molecule has 0 fully saturated rings. The van der Waals surface area contributed by atoms with Crippen molar-refractivity contribution in [3.05, 3.63) is 35.6 Å². The van der Waals surface area contributed by atoms with Gasteiger partial charge in [0.05, 0.1) is 0 Å². The van der Waals surface area contributed by atoms with Crippen molar-refractivity contribution in [1.82, 2.24) is 0 Å². The van der Waals surface area contributed by atoms with Crippen LogP contribution >= 0.6 is 0 Å². The lowest BCUT2D eigenvalue weighted by atomic mass is 10.1. The number of carbonyl (C=O) groups excluding carboxylic acids is 1. The average molecular weight is 240 g/mol. The fourth-order valence-electron chi connectivity index (χ4n) is 1.45. The molecule has 0 radical (unpaired) electrons. The lowest BCUT2D eigenvalue weighted by Crippen LogP contribution is -2.29. The summed E-state index contributed by atoms with van der Waals surface area (Å²) in [7, 11) is 0. The molecule has 0 spiro atoms. The van der Waals surface area contributed by atoms with E-state index in [0.717, 1.165) is 0 Å². The molecular weight excluding hydrogens is 223 g/mol. The van der Waals surface area contributed by atoms with Gasteiger partial charge in [-0.05, 0) is 25.5 Å². The molecular formula is C13H17FO3. The van der Waals surface area contributed by atoms with Crippen LogP contribution in [0.3, 0.4) is 0 Å². The highest BCUT2D eigenvalue weighted by Crippen LogP contribution is 2.10. The molecule has 0 saturated carbocycles. The fraction of sp³-hybridized carbons (Fsp3) is 0.462. The third kappa shape index (κ3) is 4.24. The Morgan fingerprint density at radius 2 is 1.82 bits per heavy atom. The molecule has 0 aliphatic carbocycles. The Hall–Kier alpha value is -1.26. The maximum atomic E-state index is 13.4. The summed E-state index contributed by atoms with van der Waals surface area (Å²) in [5.41, 5.74) is 0.363. The molecule has 0 N–H and O–H groups in total. The maximum Gasteiger partial charge on any atom is 0.218 e. The number of ketones is 1. The van der Waals surface area contributed by atoms with Gasteiger partial charge in [0.1, 0.15) is 5.82 Å². The molecule has 4 heteroatoms. The number of ether oxygens (including phenoxy) is 2. The first-order chi connectivity index (χ1) is 8.19. The second-order valence-corrected chi connectivity index (χ2v) is 3.48. The van der Waals surface area contributed by atoms with Crippen LogP contribution < -0.4 is 0 Å². The van der Waals surface area contributed by atoms with E-state index in [1.807, 2.05) is 0 Å². The molecule has 17 heavy (non-hydrogen) atoms. The highest BCUT2D eigenvalue weighted by atomic mass is 19.1. The minimum atomic E-state index is -0.899. The van der Waals surface area contributed by atoms with E-state index in [4.69, 9.17) is 9.47 Å². The van der Waals surface area contributed by atoms with Crippen molar-refractivity contribution in [1.29, 1.82) is 0 Å². The summed E-state index contributed by atoms with van der Waals surface area (Å²) >= 11 is 0. The predicted octanol–water partition coefficient (Wildman–Crippen LogP) is 2.34. The van der Waals surface area contributed by atoms with Crippen molar-refractivity contribution in [2.24, 2.45) is 0 Å². The van der Waals surface area contributed by atoms with Gasteiger partial charge in [0.25, 0.3) is 0 Å². The number of hydrogen-bond acceptors (Lipinski definition) is 3. The summed E-state index contributed by atoms with van der Waals surface area (Å²) in [5, 5.41) is 0. The molecule has 0 amide bonds. The average Bonchev–Trinajstić information content (AvgIpc) is 2.32. The smallest absolute Gasteiger partial charge is 0.218 e. The molecule has 0 aliphatic rings. The zero-order chi connectivity index (χ0) is 12.7. The summed E-state index contributed by atoms with van der Waals surface area (Å²) in [4.78, 5) is 11.8. The van der Waals surface area contributed by atoms with Gasteiger partial charge in [-0.3, -0.25) is 4.79 Å². The van der Waals surface area contributed by atoms with E-state index in [2.05, 4.69) is 0 Å². The van der Waals surface area contributed by atoms with E-state index in [1.165, 1.54) is 6.07 Å². The number of halogens is 1. The van der Waals surface area contributed by atoms with Gasteiger partial charge < -0.3 is 9.47 Å². The molecule has 0 saturated heterocycles. The predicted molar refractivity (Wildman–Crippen MR) is 62.2 cm³/mol. The number of carbonyl (C=O) groups is 1. The lowest BCUT2D eigenvalue weighted by Gasteiger charge is -2.15. The van der Waals surface area contributed by atoms with Gasteiger partial charge in [-0.15, -0.1) is 0 Å². The monoisotopic (exact) mass is 240 g/mol. The van der Waals surface area contributed by atoms with E-state index >= 15 is 0 Å². The largest absolute Gasteiger partial charge is 0.346 e. The van der Waals surface area contributed by atoms with E-state index in [0.29, 0.717) is 18.8 Å². The standard InChI is InChI=1S/C13H17FO3/c1-3-16-13(17-4-2)12(15)9-10-7-5-6-8-11(10)14/h5-8,13H,3-4,9H2,1-2H3. The van der Waals surface area contributed by atoms with Gasteiger partial charge in [-0.25, -0.2) is 4.39 Å². The Kier molecular flexibility index (Phi) is 5.80. The van der Waals surface area contributed by atoms with E-state index < -0.39 is 6.29 Å². The molecule has 1 aromatic carbocycles. The Bertz CT molecular complexity index is 359. The number of Topliss-reactive ketones (excluding diaryl/α,β-unsaturated/α-hetero) is 1. The van der Waals surface area contributed by atoms with Gasteiger partial charge >= 0.3 is 0 Å². The SMILES string of the molecule is CCOC(OCC)C(=O)Cc1ccccc1F. The third-order valence-electron chi connectivity index (χ3n) is 2.22. The number of hydrogen-bond donors (Lipinski definition) is 0. The maximum absolute atomic E-state index is 13.4. The van der Waals surface area contributed by atoms with Gasteiger partial charge in [0, 0.05) is 19.6 Å². The quantitative estimate of drug-likeness (QED) is 0.686. The van der Waals surface area contributed by atoms with Crippen LogP contribution in [-0.4, -0.2) is 25.3 Å². The molecule has 0 heterocycles. The summed E-state index contributed by atoms with van der Waals surface area (Å²) in [6, 6.07) is 6.20. The van der Waals surface area contributed by atoms with Crippen molar-refractivity contribution in [3.8, 4) is 0 Å². The molecule has 0 aliphatic heterocycles. The lowest BCUT2D eigenvalue weighted by molar-refractivity contribution is -0.167. The highest BCUT2D eigenvalue weighted by molar-refractivity contribution is 5.84. The first-order valence-electron chi connectivity index (χ1n) is 5.68. The third-order valence-corrected chi connectivity index (χ3v) is 2.22. The van der Waals surface area contributed by atoms with Crippen LogP contribution in [0.1, 0.15) is 19.4 Å².